The van der Waals surface area contributed by atoms with Crippen LogP contribution in [0.2, 0.25) is 0 Å². The predicted molar refractivity (Wildman–Crippen MR) is 74.6 cm³/mol. The van der Waals surface area contributed by atoms with Crippen LogP contribution in [0.1, 0.15) is 51.4 Å². The van der Waals surface area contributed by atoms with Gasteiger partial charge in [-0.25, -0.2) is 0 Å². The zero-order valence-electron chi connectivity index (χ0n) is 11.7. The maximum Gasteiger partial charge on any atom is 0.0223 e. The van der Waals surface area contributed by atoms with E-state index in [-0.39, 0.29) is 0 Å². The molecule has 0 spiro atoms. The van der Waals surface area contributed by atoms with Crippen LogP contribution in [0.25, 0.3) is 0 Å². The molecule has 2 saturated heterocycles. The number of rotatable bonds is 1. The average Bonchev–Trinajstić information content (AvgIpc) is 2.95. The van der Waals surface area contributed by atoms with Crippen molar-refractivity contribution in [3.05, 3.63) is 0 Å². The second-order valence-electron chi connectivity index (χ2n) is 7.28. The van der Waals surface area contributed by atoms with Crippen LogP contribution in [0.5, 0.6) is 0 Å². The van der Waals surface area contributed by atoms with Crippen molar-refractivity contribution < 1.29 is 0 Å². The Labute approximate surface area is 112 Å². The lowest BCUT2D eigenvalue weighted by molar-refractivity contribution is 0.0993. The smallest absolute Gasteiger partial charge is 0.0223 e. The highest BCUT2D eigenvalue weighted by molar-refractivity contribution is 4.97. The van der Waals surface area contributed by atoms with Crippen molar-refractivity contribution in [3.8, 4) is 0 Å². The van der Waals surface area contributed by atoms with Crippen LogP contribution in [0.3, 0.4) is 0 Å². The summed E-state index contributed by atoms with van der Waals surface area (Å²) in [5.41, 5.74) is 0. The Balaban J connectivity index is 1.45. The summed E-state index contributed by atoms with van der Waals surface area (Å²) in [6, 6.07) is 1.88. The molecule has 0 aromatic rings. The quantitative estimate of drug-likeness (QED) is 0.704. The van der Waals surface area contributed by atoms with Gasteiger partial charge in [0.15, 0.2) is 0 Å². The molecule has 2 aliphatic heterocycles. The van der Waals surface area contributed by atoms with Gasteiger partial charge in [0.1, 0.15) is 0 Å². The summed E-state index contributed by atoms with van der Waals surface area (Å²) in [7, 11) is 0. The van der Waals surface area contributed by atoms with Crippen LogP contribution in [-0.4, -0.2) is 48.1 Å². The largest absolute Gasteiger partial charge is 0.299 e. The van der Waals surface area contributed by atoms with Gasteiger partial charge >= 0.3 is 0 Å². The monoisotopic (exact) mass is 248 g/mol. The van der Waals surface area contributed by atoms with E-state index in [0.29, 0.717) is 0 Å². The van der Waals surface area contributed by atoms with Crippen LogP contribution < -0.4 is 0 Å². The first kappa shape index (κ1) is 11.7. The number of hydrogen-bond donors (Lipinski definition) is 0. The molecule has 2 heterocycles. The van der Waals surface area contributed by atoms with E-state index in [1.807, 2.05) is 0 Å². The fraction of sp³-hybridized carbons (Fsp3) is 1.00. The first-order valence-electron chi connectivity index (χ1n) is 8.38. The van der Waals surface area contributed by atoms with Crippen molar-refractivity contribution in [2.24, 2.45) is 11.8 Å². The fourth-order valence-electron chi connectivity index (χ4n) is 5.36. The van der Waals surface area contributed by atoms with Gasteiger partial charge in [0, 0.05) is 18.6 Å². The number of piperidine rings is 1. The van der Waals surface area contributed by atoms with E-state index in [4.69, 9.17) is 0 Å². The van der Waals surface area contributed by atoms with Gasteiger partial charge in [-0.1, -0.05) is 12.8 Å². The molecule has 2 aliphatic carbocycles. The molecule has 4 atom stereocenters. The van der Waals surface area contributed by atoms with E-state index in [0.717, 1.165) is 23.9 Å². The Morgan fingerprint density at radius 3 is 2.44 bits per heavy atom. The third kappa shape index (κ3) is 2.02. The lowest BCUT2D eigenvalue weighted by atomic mass is 9.93. The predicted octanol–water partition coefficient (Wildman–Crippen LogP) is 2.74. The molecule has 18 heavy (non-hydrogen) atoms. The molecule has 0 radical (unpaired) electrons. The van der Waals surface area contributed by atoms with Crippen LogP contribution in [0.4, 0.5) is 0 Å². The minimum atomic E-state index is 0.903. The minimum absolute atomic E-state index is 0.903. The third-order valence-electron chi connectivity index (χ3n) is 6.25. The van der Waals surface area contributed by atoms with Crippen molar-refractivity contribution in [1.29, 1.82) is 0 Å². The summed E-state index contributed by atoms with van der Waals surface area (Å²) in [6.07, 6.45) is 12.0. The van der Waals surface area contributed by atoms with Crippen LogP contribution in [0, 0.1) is 11.8 Å². The van der Waals surface area contributed by atoms with Gasteiger partial charge in [0.25, 0.3) is 0 Å². The summed E-state index contributed by atoms with van der Waals surface area (Å²) < 4.78 is 0. The summed E-state index contributed by atoms with van der Waals surface area (Å²) >= 11 is 0. The molecule has 0 N–H and O–H groups in total. The van der Waals surface area contributed by atoms with E-state index in [9.17, 15) is 0 Å². The zero-order valence-corrected chi connectivity index (χ0v) is 11.7. The molecule has 2 nitrogen and oxygen atoms in total. The molecule has 0 aromatic heterocycles. The summed E-state index contributed by atoms with van der Waals surface area (Å²) in [5, 5.41) is 0. The van der Waals surface area contributed by atoms with Crippen LogP contribution in [0.15, 0.2) is 0 Å². The molecule has 4 aliphatic rings. The molecule has 2 bridgehead atoms. The highest BCUT2D eigenvalue weighted by atomic mass is 15.3. The topological polar surface area (TPSA) is 6.48 Å². The van der Waals surface area contributed by atoms with E-state index < -0.39 is 0 Å². The Morgan fingerprint density at radius 1 is 0.722 bits per heavy atom. The minimum Gasteiger partial charge on any atom is -0.299 e. The lowest BCUT2D eigenvalue weighted by Gasteiger charge is -2.39. The van der Waals surface area contributed by atoms with Crippen LogP contribution in [-0.2, 0) is 0 Å². The summed E-state index contributed by atoms with van der Waals surface area (Å²) in [4.78, 5) is 5.72. The maximum atomic E-state index is 2.92. The maximum absolute atomic E-state index is 2.92. The standard InChI is InChI=1S/C16H28N2/c1-2-7-17-8-3-9-18(12-15(17)4-1)16-11-13-5-6-14(16)10-13/h13-16H,1-12H2. The van der Waals surface area contributed by atoms with Gasteiger partial charge in [-0.15, -0.1) is 0 Å². The first-order chi connectivity index (χ1) is 8.90. The molecule has 4 unspecified atom stereocenters. The summed E-state index contributed by atoms with van der Waals surface area (Å²) in [6.45, 7) is 5.55. The van der Waals surface area contributed by atoms with Crippen molar-refractivity contribution in [2.75, 3.05) is 26.2 Å². The number of nitrogens with zero attached hydrogens (tertiary/aromatic N) is 2. The van der Waals surface area contributed by atoms with Gasteiger partial charge in [0.2, 0.25) is 0 Å². The Morgan fingerprint density at radius 2 is 1.61 bits per heavy atom. The molecule has 0 amide bonds. The third-order valence-corrected chi connectivity index (χ3v) is 6.25. The fourth-order valence-corrected chi connectivity index (χ4v) is 5.36. The van der Waals surface area contributed by atoms with Gasteiger partial charge < -0.3 is 0 Å². The van der Waals surface area contributed by atoms with E-state index >= 15 is 0 Å². The molecule has 4 fully saturated rings. The van der Waals surface area contributed by atoms with Gasteiger partial charge in [0.05, 0.1) is 0 Å². The Hall–Kier alpha value is -0.0800. The van der Waals surface area contributed by atoms with Crippen molar-refractivity contribution in [3.63, 3.8) is 0 Å². The molecule has 2 heteroatoms. The Bertz CT molecular complexity index is 303. The molecule has 4 rings (SSSR count). The van der Waals surface area contributed by atoms with Crippen LogP contribution >= 0.6 is 0 Å². The van der Waals surface area contributed by atoms with E-state index in [1.54, 1.807) is 19.3 Å². The first-order valence-corrected chi connectivity index (χ1v) is 8.38. The second-order valence-corrected chi connectivity index (χ2v) is 7.28. The average molecular weight is 248 g/mol. The van der Waals surface area contributed by atoms with Crippen molar-refractivity contribution in [1.82, 2.24) is 9.80 Å². The zero-order chi connectivity index (χ0) is 11.9. The molecule has 102 valence electrons. The number of hydrogen-bond acceptors (Lipinski definition) is 2. The number of fused-ring (bicyclic) bond motifs is 3. The second kappa shape index (κ2) is 4.79. The molecule has 2 saturated carbocycles. The molecular formula is C16H28N2. The van der Waals surface area contributed by atoms with Gasteiger partial charge in [-0.2, -0.15) is 0 Å². The van der Waals surface area contributed by atoms with Crippen molar-refractivity contribution >= 4 is 0 Å². The normalized spacial score (nSPS) is 46.0. The summed E-state index contributed by atoms with van der Waals surface area (Å²) in [5.74, 6) is 2.18. The molecular weight excluding hydrogens is 220 g/mol. The SMILES string of the molecule is C1CCN2CCCN(C3CC4CCC3C4)CC2C1. The highest BCUT2D eigenvalue weighted by Gasteiger charge is 2.43. The molecule has 0 aromatic carbocycles. The van der Waals surface area contributed by atoms with E-state index in [2.05, 4.69) is 9.80 Å². The van der Waals surface area contributed by atoms with Crippen molar-refractivity contribution in [2.45, 2.75) is 63.5 Å². The lowest BCUT2D eigenvalue weighted by Crippen LogP contribution is -2.47. The Kier molecular flexibility index (Phi) is 3.12. The van der Waals surface area contributed by atoms with Gasteiger partial charge in [-0.3, -0.25) is 9.80 Å². The highest BCUT2D eigenvalue weighted by Crippen LogP contribution is 2.47. The van der Waals surface area contributed by atoms with Gasteiger partial charge in [-0.05, 0) is 70.0 Å². The van der Waals surface area contributed by atoms with E-state index in [1.165, 1.54) is 58.3 Å².